The lowest BCUT2D eigenvalue weighted by Gasteiger charge is -2.18. The third-order valence-corrected chi connectivity index (χ3v) is 3.84. The summed E-state index contributed by atoms with van der Waals surface area (Å²) >= 11 is 0. The Morgan fingerprint density at radius 1 is 1.43 bits per heavy atom. The van der Waals surface area contributed by atoms with Crippen molar-refractivity contribution in [1.29, 1.82) is 0 Å². The fourth-order valence-corrected chi connectivity index (χ4v) is 2.70. The second kappa shape index (κ2) is 6.99. The van der Waals surface area contributed by atoms with Crippen LogP contribution >= 0.6 is 0 Å². The van der Waals surface area contributed by atoms with Crippen molar-refractivity contribution in [3.63, 3.8) is 0 Å². The Kier molecular flexibility index (Phi) is 5.05. The Balaban J connectivity index is 2.01. The van der Waals surface area contributed by atoms with Crippen LogP contribution in [0.2, 0.25) is 0 Å². The van der Waals surface area contributed by atoms with Crippen molar-refractivity contribution in [2.24, 2.45) is 11.7 Å². The predicted octanol–water partition coefficient (Wildman–Crippen LogP) is 1.85. The molecule has 1 aromatic rings. The van der Waals surface area contributed by atoms with Crippen LogP contribution in [0.3, 0.4) is 0 Å². The van der Waals surface area contributed by atoms with Gasteiger partial charge in [0, 0.05) is 18.2 Å². The monoisotopic (exact) mass is 289 g/mol. The van der Waals surface area contributed by atoms with Gasteiger partial charge in [0.1, 0.15) is 0 Å². The fourth-order valence-electron chi connectivity index (χ4n) is 2.70. The van der Waals surface area contributed by atoms with Crippen molar-refractivity contribution in [2.45, 2.75) is 25.3 Å². The summed E-state index contributed by atoms with van der Waals surface area (Å²) < 4.78 is 0. The number of nitrogens with one attached hydrogen (secondary N) is 1. The van der Waals surface area contributed by atoms with Crippen molar-refractivity contribution in [3.05, 3.63) is 46.0 Å². The van der Waals surface area contributed by atoms with E-state index in [1.165, 1.54) is 18.2 Å². The third-order valence-electron chi connectivity index (χ3n) is 3.84. The summed E-state index contributed by atoms with van der Waals surface area (Å²) in [5, 5.41) is 13.8. The molecular formula is C15H19N3O3. The Bertz CT molecular complexity index is 557. The molecule has 2 rings (SSSR count). The van der Waals surface area contributed by atoms with E-state index in [4.69, 9.17) is 5.73 Å². The van der Waals surface area contributed by atoms with Gasteiger partial charge in [-0.25, -0.2) is 0 Å². The molecule has 112 valence electrons. The maximum atomic E-state index is 11.9. The van der Waals surface area contributed by atoms with Crippen LogP contribution < -0.4 is 11.1 Å². The highest BCUT2D eigenvalue weighted by atomic mass is 16.6. The van der Waals surface area contributed by atoms with Crippen LogP contribution in [-0.4, -0.2) is 23.4 Å². The highest BCUT2D eigenvalue weighted by Gasteiger charge is 2.26. The summed E-state index contributed by atoms with van der Waals surface area (Å²) in [4.78, 5) is 22.3. The number of hydrogen-bond donors (Lipinski definition) is 2. The summed E-state index contributed by atoms with van der Waals surface area (Å²) in [6.07, 6.45) is 5.86. The summed E-state index contributed by atoms with van der Waals surface area (Å²) in [6.45, 7) is 0.568. The van der Waals surface area contributed by atoms with Gasteiger partial charge in [0.2, 0.25) is 5.91 Å². The number of para-hydroxylation sites is 1. The molecular weight excluding hydrogens is 270 g/mol. The number of carbonyl (C=O) groups excluding carboxylic acids is 1. The SMILES string of the molecule is NCC1CCCC1NC(=O)C=Cc1ccccc1[N+](=O)[O-]. The molecule has 1 aromatic carbocycles. The van der Waals surface area contributed by atoms with Crippen LogP contribution in [0, 0.1) is 16.0 Å². The molecule has 6 heteroatoms. The number of nitro groups is 1. The van der Waals surface area contributed by atoms with Gasteiger partial charge in [-0.05, 0) is 37.4 Å². The van der Waals surface area contributed by atoms with Crippen LogP contribution in [0.5, 0.6) is 0 Å². The number of benzene rings is 1. The van der Waals surface area contributed by atoms with Gasteiger partial charge in [0.25, 0.3) is 5.69 Å². The molecule has 6 nitrogen and oxygen atoms in total. The fraction of sp³-hybridized carbons (Fsp3) is 0.400. The minimum Gasteiger partial charge on any atom is -0.349 e. The highest BCUT2D eigenvalue weighted by Crippen LogP contribution is 2.24. The number of nitrogens with two attached hydrogens (primary N) is 1. The largest absolute Gasteiger partial charge is 0.349 e. The molecule has 0 radical (unpaired) electrons. The van der Waals surface area contributed by atoms with Crippen LogP contribution in [-0.2, 0) is 4.79 Å². The molecule has 21 heavy (non-hydrogen) atoms. The van der Waals surface area contributed by atoms with Crippen LogP contribution in [0.4, 0.5) is 5.69 Å². The second-order valence-corrected chi connectivity index (χ2v) is 5.19. The first-order valence-electron chi connectivity index (χ1n) is 7.04. The van der Waals surface area contributed by atoms with E-state index in [2.05, 4.69) is 5.32 Å². The maximum Gasteiger partial charge on any atom is 0.276 e. The quantitative estimate of drug-likeness (QED) is 0.491. The van der Waals surface area contributed by atoms with Crippen molar-refractivity contribution in [2.75, 3.05) is 6.54 Å². The molecule has 2 unspecified atom stereocenters. The van der Waals surface area contributed by atoms with E-state index in [0.29, 0.717) is 18.0 Å². The maximum absolute atomic E-state index is 11.9. The molecule has 1 fully saturated rings. The molecule has 1 saturated carbocycles. The van der Waals surface area contributed by atoms with Crippen molar-refractivity contribution in [3.8, 4) is 0 Å². The first kappa shape index (κ1) is 15.2. The third kappa shape index (κ3) is 3.88. The Morgan fingerprint density at radius 3 is 2.90 bits per heavy atom. The number of nitrogens with zero attached hydrogens (tertiary/aromatic N) is 1. The normalized spacial score (nSPS) is 21.6. The topological polar surface area (TPSA) is 98.3 Å². The molecule has 1 aliphatic rings. The van der Waals surface area contributed by atoms with Gasteiger partial charge < -0.3 is 11.1 Å². The molecule has 1 aliphatic carbocycles. The lowest BCUT2D eigenvalue weighted by Crippen LogP contribution is -2.39. The molecule has 1 amide bonds. The summed E-state index contributed by atoms with van der Waals surface area (Å²) in [7, 11) is 0. The first-order valence-corrected chi connectivity index (χ1v) is 7.04. The number of rotatable bonds is 5. The molecule has 2 atom stereocenters. The Morgan fingerprint density at radius 2 is 2.19 bits per heavy atom. The first-order chi connectivity index (χ1) is 10.1. The zero-order valence-electron chi connectivity index (χ0n) is 11.7. The zero-order valence-corrected chi connectivity index (χ0v) is 11.7. The van der Waals surface area contributed by atoms with Crippen LogP contribution in [0.1, 0.15) is 24.8 Å². The van der Waals surface area contributed by atoms with Crippen LogP contribution in [0.25, 0.3) is 6.08 Å². The van der Waals surface area contributed by atoms with Gasteiger partial charge >= 0.3 is 0 Å². The van der Waals surface area contributed by atoms with E-state index in [-0.39, 0.29) is 17.6 Å². The second-order valence-electron chi connectivity index (χ2n) is 5.19. The number of hydrogen-bond acceptors (Lipinski definition) is 4. The average molecular weight is 289 g/mol. The Hall–Kier alpha value is -2.21. The molecule has 0 aliphatic heterocycles. The average Bonchev–Trinajstić information content (AvgIpc) is 2.92. The molecule has 0 aromatic heterocycles. The van der Waals surface area contributed by atoms with E-state index in [9.17, 15) is 14.9 Å². The highest BCUT2D eigenvalue weighted by molar-refractivity contribution is 5.92. The van der Waals surface area contributed by atoms with E-state index < -0.39 is 4.92 Å². The number of carbonyl (C=O) groups is 1. The smallest absolute Gasteiger partial charge is 0.276 e. The summed E-state index contributed by atoms with van der Waals surface area (Å²) in [6, 6.07) is 6.43. The summed E-state index contributed by atoms with van der Waals surface area (Å²) in [5.41, 5.74) is 6.08. The van der Waals surface area contributed by atoms with Crippen molar-refractivity contribution in [1.82, 2.24) is 5.32 Å². The standard InChI is InChI=1S/C15H19N3O3/c16-10-12-5-3-6-13(12)17-15(19)9-8-11-4-1-2-7-14(11)18(20)21/h1-2,4,7-9,12-13H,3,5-6,10,16H2,(H,17,19). The molecule has 0 spiro atoms. The van der Waals surface area contributed by atoms with E-state index in [1.54, 1.807) is 18.2 Å². The minimum atomic E-state index is -0.459. The van der Waals surface area contributed by atoms with Crippen molar-refractivity contribution >= 4 is 17.7 Å². The van der Waals surface area contributed by atoms with Gasteiger partial charge in [0.15, 0.2) is 0 Å². The van der Waals surface area contributed by atoms with Gasteiger partial charge in [-0.2, -0.15) is 0 Å². The number of nitro benzene ring substituents is 1. The zero-order chi connectivity index (χ0) is 15.2. The van der Waals surface area contributed by atoms with Crippen LogP contribution in [0.15, 0.2) is 30.3 Å². The lowest BCUT2D eigenvalue weighted by molar-refractivity contribution is -0.385. The number of amides is 1. The van der Waals surface area contributed by atoms with Crippen molar-refractivity contribution < 1.29 is 9.72 Å². The summed E-state index contributed by atoms with van der Waals surface area (Å²) in [5.74, 6) is 0.0897. The predicted molar refractivity (Wildman–Crippen MR) is 80.5 cm³/mol. The van der Waals surface area contributed by atoms with E-state index in [1.807, 2.05) is 0 Å². The van der Waals surface area contributed by atoms with E-state index in [0.717, 1.165) is 19.3 Å². The van der Waals surface area contributed by atoms with E-state index >= 15 is 0 Å². The Labute approximate surface area is 123 Å². The minimum absolute atomic E-state index is 0.0118. The van der Waals surface area contributed by atoms with Gasteiger partial charge in [-0.1, -0.05) is 18.6 Å². The molecule has 0 saturated heterocycles. The van der Waals surface area contributed by atoms with Gasteiger partial charge in [0.05, 0.1) is 10.5 Å². The lowest BCUT2D eigenvalue weighted by atomic mass is 10.0. The molecule has 0 heterocycles. The van der Waals surface area contributed by atoms with Gasteiger partial charge in [-0.3, -0.25) is 14.9 Å². The van der Waals surface area contributed by atoms with Gasteiger partial charge in [-0.15, -0.1) is 0 Å². The molecule has 0 bridgehead atoms. The molecule has 3 N–H and O–H groups in total.